The zero-order chi connectivity index (χ0) is 27.9. The molecule has 1 aliphatic rings. The van der Waals surface area contributed by atoms with E-state index >= 15 is 0 Å². The monoisotopic (exact) mass is 558 g/mol. The van der Waals surface area contributed by atoms with Crippen LogP contribution in [-0.4, -0.2) is 31.8 Å². The second-order valence-corrected chi connectivity index (χ2v) is 10.3. The first-order chi connectivity index (χ1) is 18.5. The van der Waals surface area contributed by atoms with Gasteiger partial charge in [-0.05, 0) is 68.5 Å². The molecule has 2 aromatic heterocycles. The summed E-state index contributed by atoms with van der Waals surface area (Å²) in [4.78, 5) is 20.0. The van der Waals surface area contributed by atoms with Gasteiger partial charge >= 0.3 is 18.3 Å². The molecule has 2 aromatic carbocycles. The lowest BCUT2D eigenvalue weighted by molar-refractivity contribution is -0.137. The fraction of sp³-hybridized carbons (Fsp3) is 0.321. The van der Waals surface area contributed by atoms with Crippen LogP contribution in [0.1, 0.15) is 42.9 Å². The Balaban J connectivity index is 1.70. The van der Waals surface area contributed by atoms with Crippen LogP contribution in [0, 0.1) is 12.8 Å². The van der Waals surface area contributed by atoms with Crippen molar-refractivity contribution in [3.63, 3.8) is 0 Å². The summed E-state index contributed by atoms with van der Waals surface area (Å²) >= 11 is 6.60. The minimum absolute atomic E-state index is 0.0370. The molecule has 5 rings (SSSR count). The molecule has 0 saturated heterocycles. The van der Waals surface area contributed by atoms with Crippen LogP contribution in [0.25, 0.3) is 22.3 Å². The number of fused-ring (bicyclic) bond motifs is 1. The standard InChI is InChI=1S/C28H26ClF3N4O3/c1-15-6-11-21(29)20(12-15)23-13-22-24(36(23)14-17-7-9-19(10-8-17)28(30,31)32)25(33-16(2)18-4-3-5-18)35-26(34-22)39-27(37)38/h6-13,16,18H,3-5,14H2,1-2H3,(H,37,38)(H,33,34,35)/t16-/m1/s1. The van der Waals surface area contributed by atoms with Crippen molar-refractivity contribution in [2.75, 3.05) is 5.32 Å². The van der Waals surface area contributed by atoms with E-state index in [2.05, 4.69) is 15.3 Å². The van der Waals surface area contributed by atoms with Gasteiger partial charge in [-0.3, -0.25) is 0 Å². The van der Waals surface area contributed by atoms with Crippen molar-refractivity contribution in [2.24, 2.45) is 5.92 Å². The maximum atomic E-state index is 13.2. The number of aromatic nitrogens is 3. The van der Waals surface area contributed by atoms with Crippen molar-refractivity contribution in [3.05, 3.63) is 70.2 Å². The topological polar surface area (TPSA) is 89.3 Å². The number of carbonyl (C=O) groups is 1. The molecule has 1 atom stereocenters. The van der Waals surface area contributed by atoms with Gasteiger partial charge in [-0.15, -0.1) is 0 Å². The summed E-state index contributed by atoms with van der Waals surface area (Å²) in [6.45, 7) is 4.15. The lowest BCUT2D eigenvalue weighted by Gasteiger charge is -2.32. The van der Waals surface area contributed by atoms with Gasteiger partial charge in [-0.25, -0.2) is 4.79 Å². The second-order valence-electron chi connectivity index (χ2n) is 9.87. The maximum absolute atomic E-state index is 13.2. The molecular formula is C28H26ClF3N4O3. The largest absolute Gasteiger partial charge is 0.513 e. The molecule has 0 amide bonds. The molecule has 204 valence electrons. The summed E-state index contributed by atoms with van der Waals surface area (Å²) in [5.74, 6) is 0.806. The van der Waals surface area contributed by atoms with E-state index < -0.39 is 17.9 Å². The molecule has 39 heavy (non-hydrogen) atoms. The van der Waals surface area contributed by atoms with Gasteiger partial charge in [0.2, 0.25) is 0 Å². The van der Waals surface area contributed by atoms with Crippen LogP contribution in [0.4, 0.5) is 23.8 Å². The highest BCUT2D eigenvalue weighted by molar-refractivity contribution is 6.33. The van der Waals surface area contributed by atoms with Crippen molar-refractivity contribution in [1.29, 1.82) is 0 Å². The number of anilines is 1. The summed E-state index contributed by atoms with van der Waals surface area (Å²) in [5, 5.41) is 13.1. The normalized spacial score (nSPS) is 14.7. The average Bonchev–Trinajstić information content (AvgIpc) is 3.17. The summed E-state index contributed by atoms with van der Waals surface area (Å²) in [5.41, 5.74) is 3.16. The number of hydrogen-bond donors (Lipinski definition) is 2. The SMILES string of the molecule is Cc1ccc(Cl)c(-c2cc3nc(OC(=O)O)nc(N[C@H](C)C4CCC4)c3n2Cc2ccc(C(F)(F)F)cc2)c1. The summed E-state index contributed by atoms with van der Waals surface area (Å²) in [6.07, 6.45) is -2.71. The third-order valence-electron chi connectivity index (χ3n) is 7.14. The Hall–Kier alpha value is -3.79. The van der Waals surface area contributed by atoms with Crippen LogP contribution in [0.3, 0.4) is 0 Å². The van der Waals surface area contributed by atoms with E-state index in [1.165, 1.54) is 12.1 Å². The van der Waals surface area contributed by atoms with Gasteiger partial charge in [0.15, 0.2) is 5.82 Å². The van der Waals surface area contributed by atoms with Crippen molar-refractivity contribution < 1.29 is 27.8 Å². The zero-order valence-corrected chi connectivity index (χ0v) is 22.0. The Morgan fingerprint density at radius 1 is 1.18 bits per heavy atom. The lowest BCUT2D eigenvalue weighted by Crippen LogP contribution is -2.31. The molecule has 2 heterocycles. The highest BCUT2D eigenvalue weighted by Gasteiger charge is 2.30. The van der Waals surface area contributed by atoms with Gasteiger partial charge in [-0.1, -0.05) is 41.8 Å². The molecule has 7 nitrogen and oxygen atoms in total. The van der Waals surface area contributed by atoms with Crippen LogP contribution in [0.2, 0.25) is 5.02 Å². The minimum Gasteiger partial charge on any atom is -0.449 e. The molecule has 0 spiro atoms. The van der Waals surface area contributed by atoms with E-state index in [4.69, 9.17) is 16.3 Å². The van der Waals surface area contributed by atoms with Crippen molar-refractivity contribution in [3.8, 4) is 17.3 Å². The van der Waals surface area contributed by atoms with Gasteiger partial charge in [0.1, 0.15) is 5.52 Å². The highest BCUT2D eigenvalue weighted by atomic mass is 35.5. The van der Waals surface area contributed by atoms with Crippen LogP contribution >= 0.6 is 11.6 Å². The number of aryl methyl sites for hydroxylation is 1. The molecule has 1 saturated carbocycles. The lowest BCUT2D eigenvalue weighted by atomic mass is 9.80. The molecular weight excluding hydrogens is 533 g/mol. The third-order valence-corrected chi connectivity index (χ3v) is 7.47. The number of alkyl halides is 3. The summed E-state index contributed by atoms with van der Waals surface area (Å²) < 4.78 is 46.2. The van der Waals surface area contributed by atoms with E-state index in [1.54, 1.807) is 12.1 Å². The van der Waals surface area contributed by atoms with Crippen molar-refractivity contribution in [2.45, 2.75) is 51.9 Å². The quantitative estimate of drug-likeness (QED) is 0.225. The number of carboxylic acid groups (broad SMARTS) is 1. The average molecular weight is 559 g/mol. The zero-order valence-electron chi connectivity index (χ0n) is 21.2. The van der Waals surface area contributed by atoms with E-state index in [0.717, 1.165) is 37.0 Å². The first-order valence-corrected chi connectivity index (χ1v) is 12.9. The predicted molar refractivity (Wildman–Crippen MR) is 142 cm³/mol. The van der Waals surface area contributed by atoms with Crippen LogP contribution < -0.4 is 10.1 Å². The van der Waals surface area contributed by atoms with Crippen molar-refractivity contribution in [1.82, 2.24) is 14.5 Å². The Kier molecular flexibility index (Phi) is 7.15. The van der Waals surface area contributed by atoms with Crippen LogP contribution in [0.15, 0.2) is 48.5 Å². The molecule has 1 aliphatic carbocycles. The molecule has 11 heteroatoms. The number of nitrogens with one attached hydrogen (secondary N) is 1. The molecule has 2 N–H and O–H groups in total. The second kappa shape index (κ2) is 10.4. The van der Waals surface area contributed by atoms with Gasteiger partial charge in [-0.2, -0.15) is 23.1 Å². The Morgan fingerprint density at radius 2 is 1.90 bits per heavy atom. The number of benzene rings is 2. The van der Waals surface area contributed by atoms with Crippen LogP contribution in [-0.2, 0) is 12.7 Å². The first-order valence-electron chi connectivity index (χ1n) is 12.5. The smallest absolute Gasteiger partial charge is 0.449 e. The molecule has 1 fully saturated rings. The third kappa shape index (κ3) is 5.66. The maximum Gasteiger partial charge on any atom is 0.513 e. The fourth-order valence-corrected chi connectivity index (χ4v) is 5.06. The van der Waals surface area contributed by atoms with E-state index in [9.17, 15) is 23.1 Å². The molecule has 0 unspecified atom stereocenters. The van der Waals surface area contributed by atoms with E-state index in [1.807, 2.05) is 30.5 Å². The Labute approximate surface area is 227 Å². The molecule has 0 aliphatic heterocycles. The predicted octanol–water partition coefficient (Wildman–Crippen LogP) is 7.78. The number of nitrogens with zero attached hydrogens (tertiary/aromatic N) is 3. The van der Waals surface area contributed by atoms with E-state index in [-0.39, 0.29) is 18.6 Å². The number of hydrogen-bond acceptors (Lipinski definition) is 5. The van der Waals surface area contributed by atoms with Gasteiger partial charge < -0.3 is 19.7 Å². The number of halogens is 4. The first kappa shape index (κ1) is 26.8. The van der Waals surface area contributed by atoms with Gasteiger partial charge in [0.25, 0.3) is 0 Å². The van der Waals surface area contributed by atoms with Crippen LogP contribution in [0.5, 0.6) is 6.01 Å². The van der Waals surface area contributed by atoms with Gasteiger partial charge in [0, 0.05) is 23.2 Å². The van der Waals surface area contributed by atoms with E-state index in [0.29, 0.717) is 44.6 Å². The fourth-order valence-electron chi connectivity index (χ4n) is 4.85. The number of rotatable bonds is 7. The Morgan fingerprint density at radius 3 is 2.51 bits per heavy atom. The minimum atomic E-state index is -4.44. The van der Waals surface area contributed by atoms with Gasteiger partial charge in [0.05, 0.1) is 16.8 Å². The molecule has 4 aromatic rings. The highest BCUT2D eigenvalue weighted by Crippen LogP contribution is 2.38. The van der Waals surface area contributed by atoms with Crippen molar-refractivity contribution >= 4 is 34.6 Å². The summed E-state index contributed by atoms with van der Waals surface area (Å²) in [7, 11) is 0. The Bertz CT molecular complexity index is 1530. The molecule has 0 bridgehead atoms. The number of ether oxygens (including phenoxy) is 1. The molecule has 0 radical (unpaired) electrons. The summed E-state index contributed by atoms with van der Waals surface area (Å²) in [6, 6.07) is 12.0.